The summed E-state index contributed by atoms with van der Waals surface area (Å²) in [6.45, 7) is 1.60. The molecule has 0 fully saturated rings. The van der Waals surface area contributed by atoms with Crippen LogP contribution in [0.5, 0.6) is 5.75 Å². The summed E-state index contributed by atoms with van der Waals surface area (Å²) in [5.41, 5.74) is 0.332. The van der Waals surface area contributed by atoms with Crippen molar-refractivity contribution in [3.8, 4) is 5.75 Å². The number of carbonyl (C=O) groups excluding carboxylic acids is 1. The van der Waals surface area contributed by atoms with Gasteiger partial charge in [0.1, 0.15) is 5.75 Å². The van der Waals surface area contributed by atoms with E-state index < -0.39 is 10.4 Å². The molecule has 0 aliphatic carbocycles. The number of hydrogen-bond acceptors (Lipinski definition) is 6. The maximum atomic E-state index is 12.2. The molecule has 2 rings (SSSR count). The number of aromatic hydroxyl groups is 1. The van der Waals surface area contributed by atoms with E-state index in [-0.39, 0.29) is 11.7 Å². The van der Waals surface area contributed by atoms with E-state index in [0.717, 1.165) is 35.3 Å². The number of carbonyl (C=O) groups is 1. The Morgan fingerprint density at radius 3 is 2.19 bits per heavy atom. The molecule has 0 saturated heterocycles. The Bertz CT molecular complexity index is 875. The van der Waals surface area contributed by atoms with E-state index in [0.29, 0.717) is 12.1 Å². The first-order chi connectivity index (χ1) is 12.4. The number of hydrogen-bond donors (Lipinski definition) is 2. The lowest BCUT2D eigenvalue weighted by molar-refractivity contribution is -0.870. The minimum absolute atomic E-state index is 0.0257. The van der Waals surface area contributed by atoms with Gasteiger partial charge >= 0.3 is 0 Å². The molecule has 0 saturated carbocycles. The van der Waals surface area contributed by atoms with Crippen LogP contribution in [0.2, 0.25) is 0 Å². The zero-order chi connectivity index (χ0) is 20.7. The van der Waals surface area contributed by atoms with Gasteiger partial charge in [-0.25, -0.2) is 8.42 Å². The van der Waals surface area contributed by atoms with Gasteiger partial charge in [-0.3, -0.25) is 8.98 Å². The van der Waals surface area contributed by atoms with Crippen molar-refractivity contribution in [1.29, 1.82) is 0 Å². The molecule has 150 valence electrons. The average molecular weight is 398 g/mol. The predicted octanol–water partition coefficient (Wildman–Crippen LogP) is 1.46. The largest absolute Gasteiger partial charge is 0.726 e. The van der Waals surface area contributed by atoms with Crippen molar-refractivity contribution in [1.82, 2.24) is 5.32 Å². The minimum Gasteiger partial charge on any atom is -0.726 e. The number of quaternary nitrogens is 1. The average Bonchev–Trinajstić information content (AvgIpc) is 2.57. The highest BCUT2D eigenvalue weighted by molar-refractivity contribution is 7.80. The van der Waals surface area contributed by atoms with E-state index in [1.165, 1.54) is 0 Å². The molecule has 2 aromatic rings. The number of phenolic OH excluding ortho intramolecular Hbond substituents is 1. The summed E-state index contributed by atoms with van der Waals surface area (Å²) in [6.07, 6.45) is 0.906. The van der Waals surface area contributed by atoms with Crippen molar-refractivity contribution in [2.75, 3.05) is 41.3 Å². The fourth-order valence-corrected chi connectivity index (χ4v) is 2.26. The fourth-order valence-electron chi connectivity index (χ4n) is 2.26. The normalized spacial score (nSPS) is 11.6. The molecule has 0 bridgehead atoms. The van der Waals surface area contributed by atoms with E-state index in [1.807, 2.05) is 24.3 Å². The van der Waals surface area contributed by atoms with E-state index in [9.17, 15) is 22.9 Å². The number of nitrogens with one attached hydrogen (secondary N) is 1. The Morgan fingerprint density at radius 2 is 1.70 bits per heavy atom. The van der Waals surface area contributed by atoms with Crippen LogP contribution in [0.25, 0.3) is 10.8 Å². The van der Waals surface area contributed by atoms with Crippen LogP contribution in [-0.4, -0.2) is 69.8 Å². The summed E-state index contributed by atoms with van der Waals surface area (Å²) in [5, 5.41) is 14.7. The van der Waals surface area contributed by atoms with Gasteiger partial charge in [-0.15, -0.1) is 0 Å². The molecule has 1 amide bonds. The predicted molar refractivity (Wildman–Crippen MR) is 102 cm³/mol. The molecule has 0 spiro atoms. The van der Waals surface area contributed by atoms with Crippen molar-refractivity contribution in [3.63, 3.8) is 0 Å². The van der Waals surface area contributed by atoms with Gasteiger partial charge in [-0.05, 0) is 22.9 Å². The summed E-state index contributed by atoms with van der Waals surface area (Å²) in [7, 11) is 2.76. The van der Waals surface area contributed by atoms with Gasteiger partial charge in [0.05, 0.1) is 40.4 Å². The maximum Gasteiger partial charge on any atom is 0.255 e. The van der Waals surface area contributed by atoms with Crippen molar-refractivity contribution < 1.29 is 31.5 Å². The smallest absolute Gasteiger partial charge is 0.255 e. The van der Waals surface area contributed by atoms with E-state index in [1.54, 1.807) is 12.1 Å². The lowest BCUT2D eigenvalue weighted by Crippen LogP contribution is -2.37. The van der Waals surface area contributed by atoms with Gasteiger partial charge in [-0.2, -0.15) is 0 Å². The molecule has 27 heavy (non-hydrogen) atoms. The van der Waals surface area contributed by atoms with Crippen LogP contribution in [0.1, 0.15) is 16.8 Å². The topological polar surface area (TPSA) is 116 Å². The van der Waals surface area contributed by atoms with Crippen LogP contribution >= 0.6 is 0 Å². The second-order valence-electron chi connectivity index (χ2n) is 6.91. The minimum atomic E-state index is -4.41. The lowest BCUT2D eigenvalue weighted by atomic mass is 10.1. The SMILES string of the molecule is COS(=O)(=O)[O-].C[N+](C)(C)CCCNC(=O)c1cc2ccccc2cc1O. The maximum absolute atomic E-state index is 12.2. The molecular weight excluding hydrogens is 372 g/mol. The van der Waals surface area contributed by atoms with Crippen molar-refractivity contribution in [2.45, 2.75) is 6.42 Å². The molecule has 0 aromatic heterocycles. The van der Waals surface area contributed by atoms with E-state index >= 15 is 0 Å². The number of phenols is 1. The third-order valence-corrected chi connectivity index (χ3v) is 4.01. The Balaban J connectivity index is 0.000000527. The highest BCUT2D eigenvalue weighted by Gasteiger charge is 2.13. The number of fused-ring (bicyclic) bond motifs is 1. The summed E-state index contributed by atoms with van der Waals surface area (Å²) < 4.78 is 31.9. The molecule has 0 heterocycles. The molecule has 2 aromatic carbocycles. The number of benzene rings is 2. The molecule has 2 N–H and O–H groups in total. The summed E-state index contributed by atoms with van der Waals surface area (Å²) in [5.74, 6) is -0.197. The van der Waals surface area contributed by atoms with Gasteiger partial charge in [0.25, 0.3) is 5.91 Å². The third kappa shape index (κ3) is 8.83. The van der Waals surface area contributed by atoms with Crippen LogP contribution in [-0.2, 0) is 14.6 Å². The first-order valence-corrected chi connectivity index (χ1v) is 9.58. The fraction of sp³-hybridized carbons (Fsp3) is 0.389. The number of nitrogens with zero attached hydrogens (tertiary/aromatic N) is 1. The quantitative estimate of drug-likeness (QED) is 0.329. The van der Waals surface area contributed by atoms with E-state index in [4.69, 9.17) is 0 Å². The van der Waals surface area contributed by atoms with Crippen molar-refractivity contribution >= 4 is 27.1 Å². The molecule has 0 atom stereocenters. The van der Waals surface area contributed by atoms with Crippen LogP contribution in [0.3, 0.4) is 0 Å². The number of amides is 1. The zero-order valence-electron chi connectivity index (χ0n) is 15.9. The van der Waals surface area contributed by atoms with Crippen molar-refractivity contribution in [3.05, 3.63) is 42.0 Å². The van der Waals surface area contributed by atoms with Gasteiger partial charge in [0.15, 0.2) is 0 Å². The molecule has 0 aliphatic heterocycles. The second kappa shape index (κ2) is 9.65. The van der Waals surface area contributed by atoms with Crippen LogP contribution in [0.15, 0.2) is 36.4 Å². The summed E-state index contributed by atoms with van der Waals surface area (Å²) >= 11 is 0. The first kappa shape index (κ1) is 22.8. The highest BCUT2D eigenvalue weighted by atomic mass is 32.3. The van der Waals surface area contributed by atoms with Gasteiger partial charge in [-0.1, -0.05) is 24.3 Å². The highest BCUT2D eigenvalue weighted by Crippen LogP contribution is 2.24. The Morgan fingerprint density at radius 1 is 1.19 bits per heavy atom. The Hall–Kier alpha value is -2.20. The van der Waals surface area contributed by atoms with Crippen LogP contribution in [0, 0.1) is 0 Å². The number of rotatable bonds is 6. The summed E-state index contributed by atoms with van der Waals surface area (Å²) in [4.78, 5) is 12.2. The molecule has 0 aliphatic rings. The van der Waals surface area contributed by atoms with Crippen LogP contribution < -0.4 is 5.32 Å². The third-order valence-electron chi connectivity index (χ3n) is 3.60. The monoisotopic (exact) mass is 398 g/mol. The standard InChI is InChI=1S/C17H22N2O2.CH4O4S/c1-19(2,3)10-6-9-18-17(21)15-11-13-7-4-5-8-14(13)12-16(15)20;1-5-6(2,3)4/h4-5,7-8,11-12H,6,9-10H2,1-3H3,(H-,18,20,21);1H3,(H,2,3,4). The molecule has 8 nitrogen and oxygen atoms in total. The lowest BCUT2D eigenvalue weighted by Gasteiger charge is -2.23. The molecule has 0 radical (unpaired) electrons. The Kier molecular flexibility index (Phi) is 8.17. The van der Waals surface area contributed by atoms with E-state index in [2.05, 4.69) is 30.6 Å². The molecular formula is C18H26N2O6S. The van der Waals surface area contributed by atoms with Gasteiger partial charge in [0, 0.05) is 13.0 Å². The Labute approximate surface area is 159 Å². The second-order valence-corrected chi connectivity index (χ2v) is 8.06. The van der Waals surface area contributed by atoms with Gasteiger partial charge < -0.3 is 19.5 Å². The van der Waals surface area contributed by atoms with Gasteiger partial charge in [0.2, 0.25) is 10.4 Å². The zero-order valence-corrected chi connectivity index (χ0v) is 16.7. The van der Waals surface area contributed by atoms with Crippen molar-refractivity contribution in [2.24, 2.45) is 0 Å². The molecule has 0 unspecified atom stereocenters. The first-order valence-electron chi connectivity index (χ1n) is 8.25. The summed E-state index contributed by atoms with van der Waals surface area (Å²) in [6, 6.07) is 11.0. The van der Waals surface area contributed by atoms with Crippen LogP contribution in [0.4, 0.5) is 0 Å². The molecule has 9 heteroatoms.